The Kier molecular flexibility index (Phi) is 3.98. The maximum atomic E-state index is 12.8. The van der Waals surface area contributed by atoms with Gasteiger partial charge in [-0.3, -0.25) is 14.4 Å². The van der Waals surface area contributed by atoms with Crippen LogP contribution >= 0.6 is 11.8 Å². The van der Waals surface area contributed by atoms with Gasteiger partial charge in [-0.25, -0.2) is 0 Å². The number of amides is 2. The van der Waals surface area contributed by atoms with Crippen LogP contribution in [0.1, 0.15) is 30.1 Å². The summed E-state index contributed by atoms with van der Waals surface area (Å²) >= 11 is 1.47. The Hall–Kier alpha value is -2.02. The van der Waals surface area contributed by atoms with Crippen molar-refractivity contribution in [2.75, 3.05) is 18.4 Å². The highest BCUT2D eigenvalue weighted by molar-refractivity contribution is 8.00. The van der Waals surface area contributed by atoms with Crippen molar-refractivity contribution < 1.29 is 19.5 Å². The number of anilines is 1. The van der Waals surface area contributed by atoms with Gasteiger partial charge in [0.25, 0.3) is 5.91 Å². The van der Waals surface area contributed by atoms with Crippen molar-refractivity contribution in [3.05, 3.63) is 23.8 Å². The number of fused-ring (bicyclic) bond motifs is 1. The summed E-state index contributed by atoms with van der Waals surface area (Å²) in [6, 6.07) is 5.32. The molecule has 2 fully saturated rings. The summed E-state index contributed by atoms with van der Waals surface area (Å²) in [5.74, 6) is -0.992. The molecule has 4 rings (SSSR count). The molecule has 132 valence electrons. The van der Waals surface area contributed by atoms with Crippen molar-refractivity contribution in [3.8, 4) is 0 Å². The lowest BCUT2D eigenvalue weighted by Gasteiger charge is -2.23. The number of rotatable bonds is 3. The molecule has 1 saturated carbocycles. The Morgan fingerprint density at radius 3 is 2.72 bits per heavy atom. The predicted octanol–water partition coefficient (Wildman–Crippen LogP) is 2.30. The molecule has 2 N–H and O–H groups in total. The van der Waals surface area contributed by atoms with Crippen LogP contribution in [0, 0.1) is 17.8 Å². The lowest BCUT2D eigenvalue weighted by Crippen LogP contribution is -2.30. The zero-order valence-corrected chi connectivity index (χ0v) is 14.7. The summed E-state index contributed by atoms with van der Waals surface area (Å²) in [6.07, 6.45) is 2.13. The van der Waals surface area contributed by atoms with Gasteiger partial charge in [-0.1, -0.05) is 0 Å². The van der Waals surface area contributed by atoms with Gasteiger partial charge in [0, 0.05) is 23.5 Å². The van der Waals surface area contributed by atoms with Crippen molar-refractivity contribution in [2.45, 2.75) is 29.9 Å². The number of thioether (sulfide) groups is 1. The molecule has 1 aromatic carbocycles. The molecule has 3 aliphatic rings. The van der Waals surface area contributed by atoms with Crippen LogP contribution in [-0.4, -0.2) is 46.1 Å². The molecular weight excluding hydrogens is 340 g/mol. The fourth-order valence-electron chi connectivity index (χ4n) is 3.78. The van der Waals surface area contributed by atoms with Gasteiger partial charge in [-0.2, -0.15) is 0 Å². The Morgan fingerprint density at radius 2 is 2.04 bits per heavy atom. The highest BCUT2D eigenvalue weighted by atomic mass is 32.2. The molecule has 0 bridgehead atoms. The van der Waals surface area contributed by atoms with Gasteiger partial charge in [0.15, 0.2) is 0 Å². The number of carbonyl (C=O) groups excluding carboxylic acids is 2. The Labute approximate surface area is 150 Å². The fourth-order valence-corrected chi connectivity index (χ4v) is 4.71. The number of hydrogen-bond acceptors (Lipinski definition) is 4. The summed E-state index contributed by atoms with van der Waals surface area (Å²) in [4.78, 5) is 38.8. The summed E-state index contributed by atoms with van der Waals surface area (Å²) in [5.41, 5.74) is 1.15. The second-order valence-corrected chi connectivity index (χ2v) is 8.50. The van der Waals surface area contributed by atoms with Gasteiger partial charge >= 0.3 is 5.97 Å². The van der Waals surface area contributed by atoms with Crippen LogP contribution in [0.3, 0.4) is 0 Å². The first-order valence-electron chi connectivity index (χ1n) is 8.57. The van der Waals surface area contributed by atoms with Gasteiger partial charge in [-0.15, -0.1) is 11.8 Å². The van der Waals surface area contributed by atoms with E-state index in [9.17, 15) is 19.5 Å². The van der Waals surface area contributed by atoms with Crippen LogP contribution in [0.25, 0.3) is 0 Å². The van der Waals surface area contributed by atoms with E-state index < -0.39 is 11.9 Å². The Morgan fingerprint density at radius 1 is 1.28 bits per heavy atom. The van der Waals surface area contributed by atoms with E-state index in [-0.39, 0.29) is 29.5 Å². The van der Waals surface area contributed by atoms with E-state index in [4.69, 9.17) is 0 Å². The highest BCUT2D eigenvalue weighted by Gasteiger charge is 2.47. The van der Waals surface area contributed by atoms with E-state index in [1.165, 1.54) is 11.8 Å². The number of carboxylic acids is 1. The van der Waals surface area contributed by atoms with E-state index in [0.717, 1.165) is 17.7 Å². The minimum absolute atomic E-state index is 0.0650. The van der Waals surface area contributed by atoms with Crippen LogP contribution in [0.4, 0.5) is 5.69 Å². The normalized spacial score (nSPS) is 28.4. The molecule has 2 heterocycles. The third-order valence-corrected chi connectivity index (χ3v) is 6.53. The van der Waals surface area contributed by atoms with E-state index in [0.29, 0.717) is 23.7 Å². The second-order valence-electron chi connectivity index (χ2n) is 7.12. The van der Waals surface area contributed by atoms with Crippen molar-refractivity contribution in [3.63, 3.8) is 0 Å². The van der Waals surface area contributed by atoms with Gasteiger partial charge in [0.05, 0.1) is 16.9 Å². The van der Waals surface area contributed by atoms with Crippen LogP contribution in [0.5, 0.6) is 0 Å². The second kappa shape index (κ2) is 6.05. The van der Waals surface area contributed by atoms with Gasteiger partial charge in [-0.05, 0) is 49.8 Å². The summed E-state index contributed by atoms with van der Waals surface area (Å²) in [6.45, 7) is 2.62. The van der Waals surface area contributed by atoms with Gasteiger partial charge in [0.2, 0.25) is 5.91 Å². The third-order valence-electron chi connectivity index (χ3n) is 5.35. The maximum Gasteiger partial charge on any atom is 0.308 e. The summed E-state index contributed by atoms with van der Waals surface area (Å²) < 4.78 is 0. The number of carboxylic acid groups (broad SMARTS) is 1. The van der Waals surface area contributed by atoms with Crippen LogP contribution in [0.15, 0.2) is 23.1 Å². The molecule has 0 aromatic heterocycles. The molecule has 2 aliphatic heterocycles. The lowest BCUT2D eigenvalue weighted by atomic mass is 9.92. The SMILES string of the molecule is CC1Sc2ccc(C(=O)N3C[C@H](C(=O)O)[C@@H](C4CC4)C3)cc2NC1=O. The minimum Gasteiger partial charge on any atom is -0.481 e. The molecule has 6 nitrogen and oxygen atoms in total. The Bertz CT molecular complexity index is 761. The zero-order valence-electron chi connectivity index (χ0n) is 13.9. The monoisotopic (exact) mass is 360 g/mol. The van der Waals surface area contributed by atoms with Gasteiger partial charge in [0.1, 0.15) is 0 Å². The zero-order chi connectivity index (χ0) is 17.7. The number of hydrogen-bond donors (Lipinski definition) is 2. The fraction of sp³-hybridized carbons (Fsp3) is 0.500. The molecule has 3 atom stereocenters. The quantitative estimate of drug-likeness (QED) is 0.864. The van der Waals surface area contributed by atoms with Crippen LogP contribution < -0.4 is 5.32 Å². The highest BCUT2D eigenvalue weighted by Crippen LogP contribution is 2.44. The summed E-state index contributed by atoms with van der Waals surface area (Å²) in [5, 5.41) is 12.1. The summed E-state index contributed by atoms with van der Waals surface area (Å²) in [7, 11) is 0. The number of nitrogens with one attached hydrogen (secondary N) is 1. The number of benzene rings is 1. The van der Waals surface area contributed by atoms with Crippen molar-refractivity contribution >= 4 is 35.2 Å². The number of nitrogens with zero attached hydrogens (tertiary/aromatic N) is 1. The first kappa shape index (κ1) is 16.4. The van der Waals surface area contributed by atoms with Crippen molar-refractivity contribution in [1.29, 1.82) is 0 Å². The average Bonchev–Trinajstić information content (AvgIpc) is 3.33. The van der Waals surface area contributed by atoms with E-state index >= 15 is 0 Å². The van der Waals surface area contributed by atoms with Gasteiger partial charge < -0.3 is 15.3 Å². The van der Waals surface area contributed by atoms with Crippen molar-refractivity contribution in [1.82, 2.24) is 4.90 Å². The maximum absolute atomic E-state index is 12.8. The average molecular weight is 360 g/mol. The molecule has 1 unspecified atom stereocenters. The van der Waals surface area contributed by atoms with E-state index in [1.807, 2.05) is 13.0 Å². The molecule has 7 heteroatoms. The Balaban J connectivity index is 1.54. The van der Waals surface area contributed by atoms with Crippen LogP contribution in [0.2, 0.25) is 0 Å². The molecular formula is C18H20N2O4S. The predicted molar refractivity (Wildman–Crippen MR) is 93.6 cm³/mol. The molecule has 1 aliphatic carbocycles. The topological polar surface area (TPSA) is 86.7 Å². The largest absolute Gasteiger partial charge is 0.481 e. The molecule has 0 spiro atoms. The minimum atomic E-state index is -0.810. The first-order chi connectivity index (χ1) is 11.9. The number of likely N-dealkylation sites (tertiary alicyclic amines) is 1. The van der Waals surface area contributed by atoms with E-state index in [2.05, 4.69) is 5.32 Å². The molecule has 1 aromatic rings. The van der Waals surface area contributed by atoms with Crippen molar-refractivity contribution in [2.24, 2.45) is 17.8 Å². The van der Waals surface area contributed by atoms with E-state index in [1.54, 1.807) is 17.0 Å². The molecule has 0 radical (unpaired) electrons. The molecule has 25 heavy (non-hydrogen) atoms. The third kappa shape index (κ3) is 3.01. The molecule has 2 amide bonds. The standard InChI is InChI=1S/C18H20N2O4S/c1-9-16(21)19-14-6-11(4-5-15(14)25-9)17(22)20-7-12(10-2-3-10)13(8-20)18(23)24/h4-6,9-10,12-13H,2-3,7-8H2,1H3,(H,19,21)(H,23,24)/t9?,12-,13+/m1/s1. The number of carbonyl (C=O) groups is 3. The molecule has 1 saturated heterocycles. The lowest BCUT2D eigenvalue weighted by molar-refractivity contribution is -0.142. The number of aliphatic carboxylic acids is 1. The smallest absolute Gasteiger partial charge is 0.308 e. The first-order valence-corrected chi connectivity index (χ1v) is 9.45. The van der Waals surface area contributed by atoms with Crippen LogP contribution in [-0.2, 0) is 9.59 Å².